The number of para-hydroxylation sites is 3. The second-order valence-electron chi connectivity index (χ2n) is 8.16. The number of aromatic nitrogens is 3. The fraction of sp³-hybridized carbons (Fsp3) is 0.231. The lowest BCUT2D eigenvalue weighted by atomic mass is 10.1. The number of halogens is 3. The molecule has 0 bridgehead atoms. The maximum absolute atomic E-state index is 13.0. The van der Waals surface area contributed by atoms with Crippen molar-refractivity contribution < 1.29 is 22.6 Å². The molecule has 0 amide bonds. The largest absolute Gasteiger partial charge is 0.493 e. The van der Waals surface area contributed by atoms with Gasteiger partial charge in [0.15, 0.2) is 11.5 Å². The summed E-state index contributed by atoms with van der Waals surface area (Å²) in [6.07, 6.45) is 2.40. The van der Waals surface area contributed by atoms with Gasteiger partial charge in [0.25, 0.3) is 0 Å². The number of rotatable bonds is 7. The van der Waals surface area contributed by atoms with Crippen molar-refractivity contribution in [1.82, 2.24) is 14.5 Å². The highest BCUT2D eigenvalue weighted by Crippen LogP contribution is 2.36. The van der Waals surface area contributed by atoms with Gasteiger partial charge in [-0.2, -0.15) is 13.2 Å². The summed E-state index contributed by atoms with van der Waals surface area (Å²) in [6.45, 7) is 0.634. The molecule has 8 heteroatoms. The van der Waals surface area contributed by atoms with Crippen molar-refractivity contribution >= 4 is 23.2 Å². The highest BCUT2D eigenvalue weighted by molar-refractivity contribution is 5.82. The van der Waals surface area contributed by atoms with Gasteiger partial charge in [0.1, 0.15) is 11.6 Å². The van der Waals surface area contributed by atoms with E-state index in [0.717, 1.165) is 23.3 Å². The van der Waals surface area contributed by atoms with Crippen LogP contribution in [-0.2, 0) is 6.18 Å². The fourth-order valence-electron chi connectivity index (χ4n) is 3.71. The monoisotopic (exact) mass is 465 g/mol. The molecule has 2 aromatic heterocycles. The Morgan fingerprint density at radius 3 is 2.56 bits per heavy atom. The Morgan fingerprint density at radius 1 is 1.03 bits per heavy atom. The number of hydrogen-bond acceptors (Lipinski definition) is 4. The molecule has 2 heterocycles. The Labute approximate surface area is 194 Å². The van der Waals surface area contributed by atoms with E-state index in [1.54, 1.807) is 17.8 Å². The molecule has 5 rings (SSSR count). The van der Waals surface area contributed by atoms with E-state index in [4.69, 9.17) is 9.47 Å². The van der Waals surface area contributed by atoms with Crippen molar-refractivity contribution in [3.8, 4) is 17.3 Å². The Balaban J connectivity index is 1.55. The van der Waals surface area contributed by atoms with Crippen LogP contribution in [0.5, 0.6) is 11.5 Å². The Kier molecular flexibility index (Phi) is 5.73. The summed E-state index contributed by atoms with van der Waals surface area (Å²) in [5.41, 5.74) is 1.47. The molecule has 34 heavy (non-hydrogen) atoms. The van der Waals surface area contributed by atoms with Gasteiger partial charge >= 0.3 is 6.18 Å². The zero-order valence-corrected chi connectivity index (χ0v) is 18.4. The Morgan fingerprint density at radius 2 is 1.85 bits per heavy atom. The summed E-state index contributed by atoms with van der Waals surface area (Å²) in [6, 6.07) is 15.4. The number of alkyl halides is 3. The predicted molar refractivity (Wildman–Crippen MR) is 124 cm³/mol. The molecule has 4 aromatic rings. The molecule has 1 aliphatic carbocycles. The molecule has 1 fully saturated rings. The van der Waals surface area contributed by atoms with Gasteiger partial charge in [0.2, 0.25) is 0 Å². The summed E-state index contributed by atoms with van der Waals surface area (Å²) in [7, 11) is 1.60. The van der Waals surface area contributed by atoms with E-state index in [0.29, 0.717) is 41.2 Å². The number of fused-ring (bicyclic) bond motifs is 1. The number of nitrogens with zero attached hydrogens (tertiary/aromatic N) is 3. The van der Waals surface area contributed by atoms with Crippen LogP contribution in [0.15, 0.2) is 60.8 Å². The van der Waals surface area contributed by atoms with Crippen LogP contribution in [0.4, 0.5) is 13.2 Å². The topological polar surface area (TPSA) is 49.2 Å². The number of hydrogen-bond donors (Lipinski definition) is 0. The fourth-order valence-corrected chi connectivity index (χ4v) is 3.71. The van der Waals surface area contributed by atoms with Crippen LogP contribution in [-0.4, -0.2) is 28.3 Å². The number of methoxy groups -OCH3 is 1. The lowest BCUT2D eigenvalue weighted by molar-refractivity contribution is -0.137. The standard InChI is InChI=1S/C26H22F3N3O2/c1-33-22-8-4-5-18(25(22)34-16-17-9-10-17)11-13-24-31-20-6-2-3-7-21(20)32(24)23-14-12-19(15-30-23)26(27,28)29/h2-8,11-15,17H,9-10,16H2,1H3. The molecule has 0 aliphatic heterocycles. The average Bonchev–Trinajstić information content (AvgIpc) is 3.59. The smallest absolute Gasteiger partial charge is 0.417 e. The van der Waals surface area contributed by atoms with Crippen LogP contribution >= 0.6 is 0 Å². The first-order valence-corrected chi connectivity index (χ1v) is 10.9. The number of imidazole rings is 1. The summed E-state index contributed by atoms with van der Waals surface area (Å²) >= 11 is 0. The van der Waals surface area contributed by atoms with Crippen LogP contribution in [0.2, 0.25) is 0 Å². The van der Waals surface area contributed by atoms with Gasteiger partial charge in [-0.15, -0.1) is 0 Å². The van der Waals surface area contributed by atoms with Gasteiger partial charge in [0, 0.05) is 11.8 Å². The second-order valence-corrected chi connectivity index (χ2v) is 8.16. The van der Waals surface area contributed by atoms with Crippen LogP contribution in [0.1, 0.15) is 29.8 Å². The predicted octanol–water partition coefficient (Wildman–Crippen LogP) is 6.41. The summed E-state index contributed by atoms with van der Waals surface area (Å²) in [4.78, 5) is 8.75. The van der Waals surface area contributed by atoms with Crippen molar-refractivity contribution in [2.75, 3.05) is 13.7 Å². The van der Waals surface area contributed by atoms with Crippen molar-refractivity contribution in [3.05, 3.63) is 77.7 Å². The van der Waals surface area contributed by atoms with E-state index in [2.05, 4.69) is 9.97 Å². The SMILES string of the molecule is COc1cccc(C=Cc2nc3ccccc3n2-c2ccc(C(F)(F)F)cn2)c1OCC1CC1. The third-order valence-electron chi connectivity index (χ3n) is 5.69. The molecular formula is C26H22F3N3O2. The molecule has 0 radical (unpaired) electrons. The van der Waals surface area contributed by atoms with Crippen LogP contribution < -0.4 is 9.47 Å². The van der Waals surface area contributed by atoms with E-state index in [1.165, 1.54) is 18.9 Å². The average molecular weight is 465 g/mol. The van der Waals surface area contributed by atoms with Gasteiger partial charge in [-0.05, 0) is 61.2 Å². The van der Waals surface area contributed by atoms with E-state index in [1.807, 2.05) is 48.5 Å². The van der Waals surface area contributed by atoms with Crippen LogP contribution in [0.25, 0.3) is 29.0 Å². The highest BCUT2D eigenvalue weighted by atomic mass is 19.4. The first kappa shape index (κ1) is 22.0. The minimum Gasteiger partial charge on any atom is -0.493 e. The minimum absolute atomic E-state index is 0.345. The lowest BCUT2D eigenvalue weighted by Gasteiger charge is -2.13. The summed E-state index contributed by atoms with van der Waals surface area (Å²) in [5, 5.41) is 0. The number of benzene rings is 2. The quantitative estimate of drug-likeness (QED) is 0.317. The molecule has 1 aliphatic rings. The van der Waals surface area contributed by atoms with Crippen molar-refractivity contribution in [3.63, 3.8) is 0 Å². The molecule has 0 atom stereocenters. The zero-order chi connectivity index (χ0) is 23.7. The molecule has 174 valence electrons. The van der Waals surface area contributed by atoms with E-state index in [-0.39, 0.29) is 0 Å². The summed E-state index contributed by atoms with van der Waals surface area (Å²) in [5.74, 6) is 2.75. The molecule has 0 N–H and O–H groups in total. The molecule has 1 saturated carbocycles. The first-order valence-electron chi connectivity index (χ1n) is 10.9. The molecular weight excluding hydrogens is 443 g/mol. The third-order valence-corrected chi connectivity index (χ3v) is 5.69. The van der Waals surface area contributed by atoms with Crippen molar-refractivity contribution in [2.45, 2.75) is 19.0 Å². The summed E-state index contributed by atoms with van der Waals surface area (Å²) < 4.78 is 52.4. The van der Waals surface area contributed by atoms with E-state index < -0.39 is 11.7 Å². The number of ether oxygens (including phenoxy) is 2. The van der Waals surface area contributed by atoms with Crippen molar-refractivity contribution in [1.29, 1.82) is 0 Å². The molecule has 0 spiro atoms. The first-order chi connectivity index (χ1) is 16.4. The maximum atomic E-state index is 13.0. The van der Waals surface area contributed by atoms with Gasteiger partial charge in [-0.1, -0.05) is 24.3 Å². The zero-order valence-electron chi connectivity index (χ0n) is 18.4. The van der Waals surface area contributed by atoms with Gasteiger partial charge in [-0.25, -0.2) is 9.97 Å². The number of pyridine rings is 1. The van der Waals surface area contributed by atoms with Gasteiger partial charge in [0.05, 0.1) is 30.3 Å². The Hall–Kier alpha value is -3.81. The normalized spacial score (nSPS) is 14.1. The Bertz CT molecular complexity index is 1340. The maximum Gasteiger partial charge on any atom is 0.417 e. The van der Waals surface area contributed by atoms with Crippen molar-refractivity contribution in [2.24, 2.45) is 5.92 Å². The molecule has 0 unspecified atom stereocenters. The van der Waals surface area contributed by atoms with E-state index in [9.17, 15) is 13.2 Å². The minimum atomic E-state index is -4.45. The van der Waals surface area contributed by atoms with Gasteiger partial charge < -0.3 is 9.47 Å². The second kappa shape index (κ2) is 8.85. The molecule has 2 aromatic carbocycles. The molecule has 5 nitrogen and oxygen atoms in total. The third kappa shape index (κ3) is 4.48. The van der Waals surface area contributed by atoms with E-state index >= 15 is 0 Å². The highest BCUT2D eigenvalue weighted by Gasteiger charge is 2.31. The molecule has 0 saturated heterocycles. The van der Waals surface area contributed by atoms with Gasteiger partial charge in [-0.3, -0.25) is 4.57 Å². The lowest BCUT2D eigenvalue weighted by Crippen LogP contribution is -2.07. The van der Waals surface area contributed by atoms with Crippen LogP contribution in [0, 0.1) is 5.92 Å². The van der Waals surface area contributed by atoms with Crippen LogP contribution in [0.3, 0.4) is 0 Å².